The first-order chi connectivity index (χ1) is 15.4. The molecule has 3 aromatic rings. The van der Waals surface area contributed by atoms with Crippen molar-refractivity contribution in [2.45, 2.75) is 11.8 Å². The Bertz CT molecular complexity index is 1180. The molecular formula is C23H22BrN3O4S. The van der Waals surface area contributed by atoms with E-state index in [-0.39, 0.29) is 4.90 Å². The molecule has 3 aromatic carbocycles. The highest BCUT2D eigenvalue weighted by molar-refractivity contribution is 9.10. The molecule has 9 heteroatoms. The molecule has 3 rings (SSSR count). The number of carbonyl (C=O) groups is 1. The van der Waals surface area contributed by atoms with Gasteiger partial charge < -0.3 is 4.74 Å². The number of rotatable bonds is 9. The van der Waals surface area contributed by atoms with Crippen LogP contribution < -0.4 is 14.5 Å². The number of hydrogen-bond acceptors (Lipinski definition) is 5. The van der Waals surface area contributed by atoms with Gasteiger partial charge in [0.2, 0.25) is 0 Å². The number of halogens is 1. The van der Waals surface area contributed by atoms with E-state index in [0.29, 0.717) is 18.0 Å². The van der Waals surface area contributed by atoms with Crippen molar-refractivity contribution in [1.82, 2.24) is 5.43 Å². The Hall–Kier alpha value is -3.17. The number of hydrogen-bond donors (Lipinski definition) is 1. The van der Waals surface area contributed by atoms with Gasteiger partial charge in [-0.25, -0.2) is 13.8 Å². The summed E-state index contributed by atoms with van der Waals surface area (Å²) in [5.41, 5.74) is 3.50. The van der Waals surface area contributed by atoms with Crippen LogP contribution in [0.5, 0.6) is 5.75 Å². The van der Waals surface area contributed by atoms with E-state index in [1.807, 2.05) is 31.2 Å². The van der Waals surface area contributed by atoms with E-state index in [9.17, 15) is 13.2 Å². The number of carbonyl (C=O) groups excluding carboxylic acids is 1. The second-order valence-electron chi connectivity index (χ2n) is 6.57. The van der Waals surface area contributed by atoms with Crippen LogP contribution in [0.25, 0.3) is 0 Å². The lowest BCUT2D eigenvalue weighted by molar-refractivity contribution is -0.119. The van der Waals surface area contributed by atoms with Crippen molar-refractivity contribution in [3.63, 3.8) is 0 Å². The van der Waals surface area contributed by atoms with Gasteiger partial charge in [-0.05, 0) is 49.4 Å². The SMILES string of the molecule is CCOc1ccc(N(CC(=O)N/N=C/c2ccccc2Br)S(=O)(=O)c2ccccc2)cc1. The average Bonchev–Trinajstić information content (AvgIpc) is 2.80. The Morgan fingerprint density at radius 3 is 2.34 bits per heavy atom. The zero-order valence-electron chi connectivity index (χ0n) is 17.3. The molecule has 0 spiro atoms. The van der Waals surface area contributed by atoms with E-state index in [1.54, 1.807) is 42.5 Å². The number of ether oxygens (including phenoxy) is 1. The molecule has 0 aliphatic heterocycles. The average molecular weight is 516 g/mol. The predicted octanol–water partition coefficient (Wildman–Crippen LogP) is 4.19. The van der Waals surface area contributed by atoms with Crippen LogP contribution in [-0.4, -0.2) is 33.7 Å². The Morgan fingerprint density at radius 1 is 1.03 bits per heavy atom. The van der Waals surface area contributed by atoms with E-state index in [2.05, 4.69) is 26.5 Å². The third-order valence-electron chi connectivity index (χ3n) is 4.35. The highest BCUT2D eigenvalue weighted by Gasteiger charge is 2.27. The first-order valence-electron chi connectivity index (χ1n) is 9.79. The van der Waals surface area contributed by atoms with Crippen molar-refractivity contribution in [1.29, 1.82) is 0 Å². The summed E-state index contributed by atoms with van der Waals surface area (Å²) in [5, 5.41) is 3.95. The van der Waals surface area contributed by atoms with Crippen LogP contribution in [0.1, 0.15) is 12.5 Å². The molecule has 0 aliphatic carbocycles. The Morgan fingerprint density at radius 2 is 1.69 bits per heavy atom. The monoisotopic (exact) mass is 515 g/mol. The van der Waals surface area contributed by atoms with Gasteiger partial charge in [0.05, 0.1) is 23.4 Å². The first-order valence-corrected chi connectivity index (χ1v) is 12.0. The van der Waals surface area contributed by atoms with Crippen LogP contribution in [0.3, 0.4) is 0 Å². The quantitative estimate of drug-likeness (QED) is 0.341. The van der Waals surface area contributed by atoms with Gasteiger partial charge in [-0.3, -0.25) is 9.10 Å². The standard InChI is InChI=1S/C23H22BrN3O4S/c1-2-31-20-14-12-19(13-15-20)27(32(29,30)21-9-4-3-5-10-21)17-23(28)26-25-16-18-8-6-7-11-22(18)24/h3-16H,2,17H2,1H3,(H,26,28)/b25-16+. The van der Waals surface area contributed by atoms with Crippen molar-refractivity contribution in [2.75, 3.05) is 17.5 Å². The highest BCUT2D eigenvalue weighted by Crippen LogP contribution is 2.25. The van der Waals surface area contributed by atoms with Crippen LogP contribution >= 0.6 is 15.9 Å². The second-order valence-corrected chi connectivity index (χ2v) is 9.28. The number of hydrazone groups is 1. The predicted molar refractivity (Wildman–Crippen MR) is 128 cm³/mol. The number of nitrogens with zero attached hydrogens (tertiary/aromatic N) is 2. The molecule has 0 aromatic heterocycles. The molecule has 0 bridgehead atoms. The zero-order chi connectivity index (χ0) is 23.0. The Labute approximate surface area is 195 Å². The van der Waals surface area contributed by atoms with Crippen LogP contribution in [0, 0.1) is 0 Å². The maximum atomic E-state index is 13.3. The fraction of sp³-hybridized carbons (Fsp3) is 0.130. The smallest absolute Gasteiger partial charge is 0.264 e. The number of amides is 1. The topological polar surface area (TPSA) is 88.1 Å². The number of nitrogens with one attached hydrogen (secondary N) is 1. The van der Waals surface area contributed by atoms with Crippen molar-refractivity contribution in [3.05, 3.63) is 88.9 Å². The minimum atomic E-state index is -3.99. The summed E-state index contributed by atoms with van der Waals surface area (Å²) >= 11 is 3.40. The van der Waals surface area contributed by atoms with Crippen LogP contribution in [-0.2, 0) is 14.8 Å². The minimum Gasteiger partial charge on any atom is -0.494 e. The van der Waals surface area contributed by atoms with Gasteiger partial charge in [0.15, 0.2) is 0 Å². The molecule has 0 atom stereocenters. The minimum absolute atomic E-state index is 0.0819. The molecule has 0 aliphatic rings. The van der Waals surface area contributed by atoms with Crippen LogP contribution in [0.15, 0.2) is 93.3 Å². The maximum absolute atomic E-state index is 13.3. The fourth-order valence-electron chi connectivity index (χ4n) is 2.83. The van der Waals surface area contributed by atoms with Crippen molar-refractivity contribution < 1.29 is 17.9 Å². The van der Waals surface area contributed by atoms with Gasteiger partial charge in [-0.15, -0.1) is 0 Å². The van der Waals surface area contributed by atoms with Crippen LogP contribution in [0.2, 0.25) is 0 Å². The normalized spacial score (nSPS) is 11.3. The molecule has 0 heterocycles. The summed E-state index contributed by atoms with van der Waals surface area (Å²) in [5.74, 6) is 0.0255. The Kier molecular flexibility index (Phi) is 8.02. The van der Waals surface area contributed by atoms with Crippen molar-refractivity contribution >= 4 is 43.8 Å². The number of anilines is 1. The van der Waals surface area contributed by atoms with Crippen molar-refractivity contribution in [3.8, 4) is 5.75 Å². The van der Waals surface area contributed by atoms with Gasteiger partial charge in [-0.2, -0.15) is 5.10 Å². The highest BCUT2D eigenvalue weighted by atomic mass is 79.9. The molecule has 0 saturated heterocycles. The molecule has 32 heavy (non-hydrogen) atoms. The summed E-state index contributed by atoms with van der Waals surface area (Å²) < 4.78 is 33.9. The summed E-state index contributed by atoms with van der Waals surface area (Å²) in [6.45, 7) is 1.90. The van der Waals surface area contributed by atoms with Crippen molar-refractivity contribution in [2.24, 2.45) is 5.10 Å². The lowest BCUT2D eigenvalue weighted by atomic mass is 10.2. The molecule has 1 N–H and O–H groups in total. The molecule has 0 radical (unpaired) electrons. The van der Waals surface area contributed by atoms with E-state index in [0.717, 1.165) is 14.3 Å². The molecule has 1 amide bonds. The summed E-state index contributed by atoms with van der Waals surface area (Å²) in [6.07, 6.45) is 1.48. The first kappa shape index (κ1) is 23.5. The lowest BCUT2D eigenvalue weighted by Gasteiger charge is -2.24. The van der Waals surface area contributed by atoms with E-state index >= 15 is 0 Å². The Balaban J connectivity index is 1.84. The number of sulfonamides is 1. The summed E-state index contributed by atoms with van der Waals surface area (Å²) in [7, 11) is -3.99. The molecule has 0 fully saturated rings. The van der Waals surface area contributed by atoms with Gasteiger partial charge in [0.25, 0.3) is 15.9 Å². The molecule has 0 unspecified atom stereocenters. The summed E-state index contributed by atoms with van der Waals surface area (Å²) in [6, 6.07) is 21.9. The van der Waals surface area contributed by atoms with E-state index in [4.69, 9.17) is 4.74 Å². The fourth-order valence-corrected chi connectivity index (χ4v) is 4.66. The maximum Gasteiger partial charge on any atom is 0.264 e. The summed E-state index contributed by atoms with van der Waals surface area (Å²) in [4.78, 5) is 12.7. The largest absolute Gasteiger partial charge is 0.494 e. The van der Waals surface area contributed by atoms with Gasteiger partial charge in [0, 0.05) is 10.0 Å². The van der Waals surface area contributed by atoms with E-state index < -0.39 is 22.5 Å². The van der Waals surface area contributed by atoms with Gasteiger partial charge >= 0.3 is 0 Å². The molecule has 166 valence electrons. The second kappa shape index (κ2) is 10.9. The molecular weight excluding hydrogens is 494 g/mol. The van der Waals surface area contributed by atoms with Crippen LogP contribution in [0.4, 0.5) is 5.69 Å². The van der Waals surface area contributed by atoms with Gasteiger partial charge in [0.1, 0.15) is 12.3 Å². The zero-order valence-corrected chi connectivity index (χ0v) is 19.7. The third-order valence-corrected chi connectivity index (χ3v) is 6.86. The van der Waals surface area contributed by atoms with Gasteiger partial charge in [-0.1, -0.05) is 52.3 Å². The third kappa shape index (κ3) is 5.95. The lowest BCUT2D eigenvalue weighted by Crippen LogP contribution is -2.39. The molecule has 0 saturated carbocycles. The molecule has 7 nitrogen and oxygen atoms in total. The number of benzene rings is 3. The van der Waals surface area contributed by atoms with E-state index in [1.165, 1.54) is 18.3 Å².